The van der Waals surface area contributed by atoms with Gasteiger partial charge in [0.2, 0.25) is 5.91 Å². The fourth-order valence-electron chi connectivity index (χ4n) is 2.71. The van der Waals surface area contributed by atoms with Gasteiger partial charge >= 0.3 is 0 Å². The van der Waals surface area contributed by atoms with Crippen LogP contribution in [0.5, 0.6) is 5.75 Å². The van der Waals surface area contributed by atoms with Gasteiger partial charge in [0, 0.05) is 33.3 Å². The fourth-order valence-corrected chi connectivity index (χ4v) is 2.71. The largest absolute Gasteiger partial charge is 0.493 e. The van der Waals surface area contributed by atoms with Gasteiger partial charge < -0.3 is 25.0 Å². The summed E-state index contributed by atoms with van der Waals surface area (Å²) in [5.41, 5.74) is 6.34. The van der Waals surface area contributed by atoms with Crippen LogP contribution in [0.4, 0.5) is 0 Å². The number of hydrogen-bond acceptors (Lipinski definition) is 5. The van der Waals surface area contributed by atoms with Crippen LogP contribution in [0.2, 0.25) is 0 Å². The summed E-state index contributed by atoms with van der Waals surface area (Å²) in [6, 6.07) is 6.56. The number of ether oxygens (including phenoxy) is 2. The highest BCUT2D eigenvalue weighted by atomic mass is 16.5. The molecule has 2 N–H and O–H groups in total. The number of methoxy groups -OCH3 is 1. The summed E-state index contributed by atoms with van der Waals surface area (Å²) >= 11 is 0. The van der Waals surface area contributed by atoms with E-state index in [2.05, 4.69) is 0 Å². The van der Waals surface area contributed by atoms with Crippen molar-refractivity contribution < 1.29 is 19.1 Å². The Morgan fingerprint density at radius 2 is 1.79 bits per heavy atom. The van der Waals surface area contributed by atoms with Crippen LogP contribution in [-0.2, 0) is 9.53 Å². The molecule has 1 heterocycles. The first-order chi connectivity index (χ1) is 11.6. The van der Waals surface area contributed by atoms with Crippen molar-refractivity contribution in [1.29, 1.82) is 0 Å². The summed E-state index contributed by atoms with van der Waals surface area (Å²) in [5, 5.41) is 0. The molecule has 7 heteroatoms. The molecule has 2 amide bonds. The molecule has 1 atom stereocenters. The third kappa shape index (κ3) is 4.24. The lowest BCUT2D eigenvalue weighted by molar-refractivity contribution is -0.135. The van der Waals surface area contributed by atoms with Crippen molar-refractivity contribution in [2.45, 2.75) is 13.0 Å². The Hall–Kier alpha value is -2.12. The first-order valence-corrected chi connectivity index (χ1v) is 8.12. The summed E-state index contributed by atoms with van der Waals surface area (Å²) in [5.74, 6) is 0.372. The second-order valence-electron chi connectivity index (χ2n) is 5.61. The van der Waals surface area contributed by atoms with Crippen LogP contribution in [0, 0.1) is 0 Å². The van der Waals surface area contributed by atoms with Gasteiger partial charge in [-0.1, -0.05) is 12.1 Å². The second kappa shape index (κ2) is 8.65. The van der Waals surface area contributed by atoms with E-state index in [1.807, 2.05) is 19.1 Å². The maximum absolute atomic E-state index is 12.7. The zero-order chi connectivity index (χ0) is 17.5. The number of piperazine rings is 1. The minimum atomic E-state index is -0.657. The average Bonchev–Trinajstić information content (AvgIpc) is 2.61. The quantitative estimate of drug-likeness (QED) is 0.810. The first-order valence-electron chi connectivity index (χ1n) is 8.12. The van der Waals surface area contributed by atoms with Gasteiger partial charge in [-0.15, -0.1) is 0 Å². The van der Waals surface area contributed by atoms with E-state index in [4.69, 9.17) is 15.2 Å². The SMILES string of the molecule is CCOc1ccccc1C(=O)N1CCN(C(=O)C(N)COC)CC1. The van der Waals surface area contributed by atoms with E-state index < -0.39 is 6.04 Å². The number of nitrogens with two attached hydrogens (primary N) is 1. The molecule has 1 unspecified atom stereocenters. The van der Waals surface area contributed by atoms with Crippen LogP contribution in [-0.4, -0.2) is 74.2 Å². The van der Waals surface area contributed by atoms with E-state index in [9.17, 15) is 9.59 Å². The van der Waals surface area contributed by atoms with E-state index in [0.717, 1.165) is 0 Å². The molecular weight excluding hydrogens is 310 g/mol. The average molecular weight is 335 g/mol. The topological polar surface area (TPSA) is 85.1 Å². The molecule has 0 bridgehead atoms. The van der Waals surface area contributed by atoms with Gasteiger partial charge in [0.05, 0.1) is 18.8 Å². The van der Waals surface area contributed by atoms with Gasteiger partial charge in [-0.3, -0.25) is 9.59 Å². The zero-order valence-corrected chi connectivity index (χ0v) is 14.2. The Labute approximate surface area is 142 Å². The molecular formula is C17H25N3O4. The Kier molecular flexibility index (Phi) is 6.57. The molecule has 1 fully saturated rings. The highest BCUT2D eigenvalue weighted by Crippen LogP contribution is 2.20. The van der Waals surface area contributed by atoms with Crippen LogP contribution >= 0.6 is 0 Å². The summed E-state index contributed by atoms with van der Waals surface area (Å²) in [4.78, 5) is 28.3. The van der Waals surface area contributed by atoms with Gasteiger partial charge in [-0.05, 0) is 19.1 Å². The molecule has 0 spiro atoms. The highest BCUT2D eigenvalue weighted by Gasteiger charge is 2.28. The van der Waals surface area contributed by atoms with Gasteiger partial charge in [0.25, 0.3) is 5.91 Å². The molecule has 7 nitrogen and oxygen atoms in total. The predicted molar refractivity (Wildman–Crippen MR) is 89.9 cm³/mol. The number of carbonyl (C=O) groups excluding carboxylic acids is 2. The standard InChI is InChI=1S/C17H25N3O4/c1-3-24-15-7-5-4-6-13(15)16(21)19-8-10-20(11-9-19)17(22)14(18)12-23-2/h4-7,14H,3,8-12,18H2,1-2H3. The molecule has 0 saturated carbocycles. The molecule has 2 rings (SSSR count). The van der Waals surface area contributed by atoms with Gasteiger partial charge in [-0.2, -0.15) is 0 Å². The third-order valence-corrected chi connectivity index (χ3v) is 3.96. The summed E-state index contributed by atoms with van der Waals surface area (Å²) < 4.78 is 10.4. The normalized spacial score (nSPS) is 16.0. The summed E-state index contributed by atoms with van der Waals surface area (Å²) in [7, 11) is 1.51. The molecule has 132 valence electrons. The molecule has 1 saturated heterocycles. The molecule has 24 heavy (non-hydrogen) atoms. The monoisotopic (exact) mass is 335 g/mol. The van der Waals surface area contributed by atoms with Crippen molar-refractivity contribution in [2.75, 3.05) is 46.5 Å². The smallest absolute Gasteiger partial charge is 0.257 e. The Morgan fingerprint density at radius 3 is 2.42 bits per heavy atom. The summed E-state index contributed by atoms with van der Waals surface area (Å²) in [6.45, 7) is 4.48. The number of benzene rings is 1. The minimum Gasteiger partial charge on any atom is -0.493 e. The van der Waals surface area contributed by atoms with E-state index in [0.29, 0.717) is 44.1 Å². The van der Waals surface area contributed by atoms with Gasteiger partial charge in [-0.25, -0.2) is 0 Å². The maximum atomic E-state index is 12.7. The number of rotatable bonds is 6. The molecule has 1 aromatic carbocycles. The highest BCUT2D eigenvalue weighted by molar-refractivity contribution is 5.97. The van der Waals surface area contributed by atoms with Crippen molar-refractivity contribution >= 4 is 11.8 Å². The van der Waals surface area contributed by atoms with Crippen LogP contribution in [0.3, 0.4) is 0 Å². The zero-order valence-electron chi connectivity index (χ0n) is 14.2. The second-order valence-corrected chi connectivity index (χ2v) is 5.61. The van der Waals surface area contributed by atoms with Crippen LogP contribution in [0.15, 0.2) is 24.3 Å². The molecule has 1 aromatic rings. The molecule has 0 aromatic heterocycles. The molecule has 1 aliphatic heterocycles. The lowest BCUT2D eigenvalue weighted by Crippen LogP contribution is -2.55. The Bertz CT molecular complexity index is 571. The lowest BCUT2D eigenvalue weighted by Gasteiger charge is -2.36. The summed E-state index contributed by atoms with van der Waals surface area (Å²) in [6.07, 6.45) is 0. The van der Waals surface area contributed by atoms with Gasteiger partial charge in [0.15, 0.2) is 0 Å². The molecule has 0 aliphatic carbocycles. The van der Waals surface area contributed by atoms with E-state index in [1.54, 1.807) is 21.9 Å². The van der Waals surface area contributed by atoms with Crippen molar-refractivity contribution in [3.63, 3.8) is 0 Å². The predicted octanol–water partition coefficient (Wildman–Crippen LogP) is 0.343. The first kappa shape index (κ1) is 18.2. The maximum Gasteiger partial charge on any atom is 0.257 e. The van der Waals surface area contributed by atoms with Crippen molar-refractivity contribution in [1.82, 2.24) is 9.80 Å². The number of amides is 2. The fraction of sp³-hybridized carbons (Fsp3) is 0.529. The van der Waals surface area contributed by atoms with Crippen molar-refractivity contribution in [2.24, 2.45) is 5.73 Å². The van der Waals surface area contributed by atoms with Crippen molar-refractivity contribution in [3.05, 3.63) is 29.8 Å². The van der Waals surface area contributed by atoms with Gasteiger partial charge in [0.1, 0.15) is 11.8 Å². The number of para-hydroxylation sites is 1. The van der Waals surface area contributed by atoms with Crippen LogP contribution < -0.4 is 10.5 Å². The van der Waals surface area contributed by atoms with E-state index in [1.165, 1.54) is 7.11 Å². The van der Waals surface area contributed by atoms with Crippen LogP contribution in [0.25, 0.3) is 0 Å². The number of nitrogens with zero attached hydrogens (tertiary/aromatic N) is 2. The Morgan fingerprint density at radius 1 is 1.17 bits per heavy atom. The van der Waals surface area contributed by atoms with E-state index in [-0.39, 0.29) is 18.4 Å². The Balaban J connectivity index is 1.97. The number of hydrogen-bond donors (Lipinski definition) is 1. The number of carbonyl (C=O) groups is 2. The molecule has 0 radical (unpaired) electrons. The van der Waals surface area contributed by atoms with Crippen molar-refractivity contribution in [3.8, 4) is 5.75 Å². The lowest BCUT2D eigenvalue weighted by atomic mass is 10.1. The van der Waals surface area contributed by atoms with Crippen LogP contribution in [0.1, 0.15) is 17.3 Å². The van der Waals surface area contributed by atoms with E-state index >= 15 is 0 Å². The minimum absolute atomic E-state index is 0.0765. The molecule has 1 aliphatic rings. The third-order valence-electron chi connectivity index (χ3n) is 3.96.